The van der Waals surface area contributed by atoms with Gasteiger partial charge in [-0.2, -0.15) is 0 Å². The maximum Gasteiger partial charge on any atom is 0.160 e. The van der Waals surface area contributed by atoms with Gasteiger partial charge in [-0.25, -0.2) is 0 Å². The van der Waals surface area contributed by atoms with Crippen LogP contribution in [-0.2, 0) is 24.0 Å². The van der Waals surface area contributed by atoms with Crippen molar-refractivity contribution in [2.45, 2.75) is 75.2 Å². The first-order chi connectivity index (χ1) is 25.4. The fourth-order valence-electron chi connectivity index (χ4n) is 8.42. The van der Waals surface area contributed by atoms with Gasteiger partial charge in [0.1, 0.15) is 29.5 Å². The second-order valence-electron chi connectivity index (χ2n) is 14.3. The number of hydrogen-bond donors (Lipinski definition) is 5. The van der Waals surface area contributed by atoms with Gasteiger partial charge in [-0.3, -0.25) is 10.3 Å². The molecule has 0 saturated heterocycles. The van der Waals surface area contributed by atoms with Gasteiger partial charge in [-0.15, -0.1) is 0 Å². The molecule has 272 valence electrons. The molecule has 2 aliphatic carbocycles. The molecule has 0 unspecified atom stereocenters. The highest BCUT2D eigenvalue weighted by atomic mass is 16.6. The van der Waals surface area contributed by atoms with Crippen molar-refractivity contribution < 1.29 is 39.4 Å². The van der Waals surface area contributed by atoms with Gasteiger partial charge >= 0.3 is 0 Å². The summed E-state index contributed by atoms with van der Waals surface area (Å²) < 4.78 is 25.4. The van der Waals surface area contributed by atoms with E-state index in [0.717, 1.165) is 63.2 Å². The number of nitrogens with zero attached hydrogens (tertiary/aromatic N) is 1. The number of fused-ring (bicyclic) bond motifs is 6. The Morgan fingerprint density at radius 2 is 1.77 bits per heavy atom. The summed E-state index contributed by atoms with van der Waals surface area (Å²) in [6.45, 7) is 0.344. The van der Waals surface area contributed by atoms with E-state index in [1.54, 1.807) is 18.2 Å². The van der Waals surface area contributed by atoms with Gasteiger partial charge in [-0.05, 0) is 101 Å². The lowest BCUT2D eigenvalue weighted by Gasteiger charge is -2.39. The van der Waals surface area contributed by atoms with Crippen LogP contribution in [-0.4, -0.2) is 72.3 Å². The van der Waals surface area contributed by atoms with E-state index in [9.17, 15) is 20.4 Å². The lowest BCUT2D eigenvalue weighted by molar-refractivity contribution is -0.0469. The van der Waals surface area contributed by atoms with Gasteiger partial charge in [0, 0.05) is 29.7 Å². The molecule has 4 aromatic rings. The number of rotatable bonds is 12. The minimum Gasteiger partial charge on any atom is -0.508 e. The van der Waals surface area contributed by atoms with Gasteiger partial charge < -0.3 is 39.4 Å². The lowest BCUT2D eigenvalue weighted by atomic mass is 9.73. The number of nitrogens with one attached hydrogen (secondary N) is 1. The van der Waals surface area contributed by atoms with Crippen LogP contribution in [0.4, 0.5) is 0 Å². The van der Waals surface area contributed by atoms with Gasteiger partial charge in [-0.1, -0.05) is 37.1 Å². The van der Waals surface area contributed by atoms with E-state index in [4.69, 9.17) is 18.9 Å². The van der Waals surface area contributed by atoms with Crippen molar-refractivity contribution in [3.8, 4) is 39.9 Å². The van der Waals surface area contributed by atoms with E-state index in [1.165, 1.54) is 25.5 Å². The number of aromatic hydroxyl groups is 2. The summed E-state index contributed by atoms with van der Waals surface area (Å²) in [5.41, 5.74) is 6.88. The van der Waals surface area contributed by atoms with Crippen molar-refractivity contribution in [3.63, 3.8) is 0 Å². The third-order valence-electron chi connectivity index (χ3n) is 11.1. The van der Waals surface area contributed by atoms with Crippen LogP contribution in [0, 0.1) is 0 Å². The smallest absolute Gasteiger partial charge is 0.160 e. The molecule has 0 aromatic heterocycles. The van der Waals surface area contributed by atoms with Crippen molar-refractivity contribution in [2.24, 2.45) is 4.99 Å². The molecular formula is C42H46N2O8. The van der Waals surface area contributed by atoms with Crippen LogP contribution >= 0.6 is 0 Å². The van der Waals surface area contributed by atoms with Crippen molar-refractivity contribution in [1.82, 2.24) is 5.32 Å². The molecule has 0 spiro atoms. The Morgan fingerprint density at radius 1 is 0.923 bits per heavy atom. The molecule has 4 aromatic carbocycles. The zero-order valence-corrected chi connectivity index (χ0v) is 29.4. The van der Waals surface area contributed by atoms with Crippen LogP contribution in [0.15, 0.2) is 65.7 Å². The maximum atomic E-state index is 10.7. The molecule has 52 heavy (non-hydrogen) atoms. The summed E-state index contributed by atoms with van der Waals surface area (Å²) in [5.74, 6) is 1.73. The first-order valence-corrected chi connectivity index (χ1v) is 18.3. The first kappa shape index (κ1) is 34.5. The molecule has 1 saturated carbocycles. The summed E-state index contributed by atoms with van der Waals surface area (Å²) in [6.07, 6.45) is 7.06. The topological polar surface area (TPSA) is 142 Å². The molecule has 5 N–H and O–H groups in total. The Hall–Kier alpha value is -4.61. The Kier molecular flexibility index (Phi) is 9.80. The molecule has 8 rings (SSSR count). The second-order valence-corrected chi connectivity index (χ2v) is 14.3. The molecule has 10 nitrogen and oxygen atoms in total. The fourth-order valence-corrected chi connectivity index (χ4v) is 8.42. The minimum atomic E-state index is -0.841. The Morgan fingerprint density at radius 3 is 2.58 bits per heavy atom. The van der Waals surface area contributed by atoms with E-state index in [1.807, 2.05) is 24.3 Å². The summed E-state index contributed by atoms with van der Waals surface area (Å²) in [5, 5.41) is 47.1. The average molecular weight is 707 g/mol. The fraction of sp³-hybridized carbons (Fsp3) is 0.405. The van der Waals surface area contributed by atoms with E-state index in [-0.39, 0.29) is 36.7 Å². The summed E-state index contributed by atoms with van der Waals surface area (Å²) in [6, 6.07) is 19.4. The standard InChI is InChI=1S/C42H46N2O8/c1-49-38-17-26(7-11-36(38)48)42-40(50-23-44-28-4-2-3-5-28)19-33-34-16-27(15-24-6-10-35-25(14-24)12-13-43-35)32-18-29(47)8-9-31(32)41(34)39(20-37(33)52-42)51-30(21-45)22-46/h6-12,14,17-18,20,27-28,30,40,42,44-48H,2-5,13,15-16,19,21-23H2,1H3/t27-,40-,42-/m1/s1. The number of aliphatic hydroxyl groups is 2. The SMILES string of the molecule is COc1cc([C@H]2Oc3cc(OC(CO)CO)c4c(c3C[C@H]2OCNC2CCCC2)C[C@@H](Cc2ccc3c(c2)=CCN=3)c2cc(O)ccc2-4)ccc1O. The number of hydrogen-bond acceptors (Lipinski definition) is 10. The van der Waals surface area contributed by atoms with Crippen LogP contribution in [0.25, 0.3) is 17.2 Å². The van der Waals surface area contributed by atoms with Crippen molar-refractivity contribution in [3.05, 3.63) is 99.1 Å². The molecule has 0 bridgehead atoms. The summed E-state index contributed by atoms with van der Waals surface area (Å²) >= 11 is 0. The summed E-state index contributed by atoms with van der Waals surface area (Å²) in [4.78, 5) is 4.56. The Bertz CT molecular complexity index is 2070. The Balaban J connectivity index is 1.23. The molecule has 10 heteroatoms. The predicted octanol–water partition coefficient (Wildman–Crippen LogP) is 4.35. The number of ether oxygens (including phenoxy) is 4. The summed E-state index contributed by atoms with van der Waals surface area (Å²) in [7, 11) is 1.52. The third kappa shape index (κ3) is 6.72. The number of phenolic OH excluding ortho intramolecular Hbond substituents is 2. The van der Waals surface area contributed by atoms with Crippen LogP contribution in [0.3, 0.4) is 0 Å². The molecule has 0 amide bonds. The maximum absolute atomic E-state index is 10.7. The van der Waals surface area contributed by atoms with Crippen molar-refractivity contribution in [2.75, 3.05) is 33.6 Å². The minimum absolute atomic E-state index is 0.0271. The quantitative estimate of drug-likeness (QED) is 0.136. The first-order valence-electron chi connectivity index (χ1n) is 18.3. The zero-order valence-electron chi connectivity index (χ0n) is 29.4. The van der Waals surface area contributed by atoms with Crippen LogP contribution in [0.5, 0.6) is 28.7 Å². The number of benzene rings is 4. The largest absolute Gasteiger partial charge is 0.508 e. The molecule has 1 fully saturated rings. The van der Waals surface area contributed by atoms with Gasteiger partial charge in [0.25, 0.3) is 0 Å². The molecular weight excluding hydrogens is 660 g/mol. The lowest BCUT2D eigenvalue weighted by Crippen LogP contribution is -2.38. The normalized spacial score (nSPS) is 20.3. The highest BCUT2D eigenvalue weighted by Crippen LogP contribution is 2.53. The van der Waals surface area contributed by atoms with E-state index in [0.29, 0.717) is 49.4 Å². The van der Waals surface area contributed by atoms with Crippen molar-refractivity contribution in [1.29, 1.82) is 0 Å². The van der Waals surface area contributed by atoms with Crippen LogP contribution in [0.1, 0.15) is 65.5 Å². The average Bonchev–Trinajstić information content (AvgIpc) is 3.86. The Labute approximate surface area is 303 Å². The highest BCUT2D eigenvalue weighted by Gasteiger charge is 2.39. The highest BCUT2D eigenvalue weighted by molar-refractivity contribution is 5.83. The third-order valence-corrected chi connectivity index (χ3v) is 11.1. The van der Waals surface area contributed by atoms with Gasteiger partial charge in [0.15, 0.2) is 17.6 Å². The van der Waals surface area contributed by atoms with E-state index >= 15 is 0 Å². The number of aliphatic hydroxyl groups excluding tert-OH is 2. The molecule has 2 heterocycles. The predicted molar refractivity (Wildman–Crippen MR) is 196 cm³/mol. The number of methoxy groups -OCH3 is 1. The molecule has 0 radical (unpaired) electrons. The van der Waals surface area contributed by atoms with Gasteiger partial charge in [0.05, 0.1) is 39.0 Å². The number of phenols is 2. The van der Waals surface area contributed by atoms with E-state index in [2.05, 4.69) is 34.6 Å². The molecule has 2 aliphatic heterocycles. The second kappa shape index (κ2) is 14.8. The molecule has 3 atom stereocenters. The van der Waals surface area contributed by atoms with E-state index < -0.39 is 12.2 Å². The van der Waals surface area contributed by atoms with Crippen LogP contribution in [0.2, 0.25) is 0 Å². The zero-order chi connectivity index (χ0) is 35.8. The monoisotopic (exact) mass is 706 g/mol. The molecule has 4 aliphatic rings. The van der Waals surface area contributed by atoms with Gasteiger partial charge in [0.2, 0.25) is 0 Å². The van der Waals surface area contributed by atoms with Crippen molar-refractivity contribution >= 4 is 6.08 Å². The van der Waals surface area contributed by atoms with Crippen LogP contribution < -0.4 is 30.1 Å².